The van der Waals surface area contributed by atoms with Crippen LogP contribution in [-0.4, -0.2) is 78.8 Å². The number of para-hydroxylation sites is 1. The van der Waals surface area contributed by atoms with Crippen LogP contribution in [0, 0.1) is 5.92 Å². The molecule has 0 aliphatic carbocycles. The monoisotopic (exact) mass is 373 g/mol. The molecule has 1 unspecified atom stereocenters. The second-order valence-electron chi connectivity index (χ2n) is 7.06. The van der Waals surface area contributed by atoms with Crippen LogP contribution in [-0.2, 0) is 9.59 Å². The molecule has 146 valence electrons. The molecular weight excluding hydrogens is 346 g/mol. The fourth-order valence-electron chi connectivity index (χ4n) is 3.80. The number of carbonyl (C=O) groups is 3. The topological polar surface area (TPSA) is 70.2 Å². The lowest BCUT2D eigenvalue weighted by molar-refractivity contribution is -0.137. The minimum Gasteiger partial charge on any atom is -0.496 e. The molecule has 7 nitrogen and oxygen atoms in total. The zero-order valence-electron chi connectivity index (χ0n) is 16.0. The van der Waals surface area contributed by atoms with E-state index in [4.69, 9.17) is 4.74 Å². The molecule has 2 fully saturated rings. The molecule has 0 radical (unpaired) electrons. The number of amides is 3. The van der Waals surface area contributed by atoms with Gasteiger partial charge in [-0.15, -0.1) is 0 Å². The Morgan fingerprint density at radius 1 is 1.11 bits per heavy atom. The number of methoxy groups -OCH3 is 1. The SMILES string of the molecule is CCCN1CC(C(=O)N2CCN(C(=O)c3ccccc3OC)CC2)CC1=O. The highest BCUT2D eigenvalue weighted by molar-refractivity contribution is 5.97. The van der Waals surface area contributed by atoms with Crippen molar-refractivity contribution in [3.05, 3.63) is 29.8 Å². The summed E-state index contributed by atoms with van der Waals surface area (Å²) < 4.78 is 5.28. The van der Waals surface area contributed by atoms with Gasteiger partial charge in [0, 0.05) is 45.7 Å². The highest BCUT2D eigenvalue weighted by atomic mass is 16.5. The minimum atomic E-state index is -0.250. The summed E-state index contributed by atoms with van der Waals surface area (Å²) in [6, 6.07) is 7.17. The molecule has 2 saturated heterocycles. The van der Waals surface area contributed by atoms with Gasteiger partial charge in [-0.05, 0) is 18.6 Å². The summed E-state index contributed by atoms with van der Waals surface area (Å²) in [6.07, 6.45) is 1.20. The Bertz CT molecular complexity index is 713. The van der Waals surface area contributed by atoms with Crippen LogP contribution in [0.5, 0.6) is 5.75 Å². The zero-order valence-corrected chi connectivity index (χ0v) is 16.0. The van der Waals surface area contributed by atoms with Gasteiger partial charge in [-0.1, -0.05) is 19.1 Å². The maximum atomic E-state index is 12.8. The number of benzene rings is 1. The van der Waals surface area contributed by atoms with Gasteiger partial charge in [0.1, 0.15) is 5.75 Å². The normalized spacial score (nSPS) is 20.1. The molecule has 0 bridgehead atoms. The van der Waals surface area contributed by atoms with E-state index in [1.807, 2.05) is 19.1 Å². The second-order valence-corrected chi connectivity index (χ2v) is 7.06. The zero-order chi connectivity index (χ0) is 19.4. The van der Waals surface area contributed by atoms with Crippen LogP contribution in [0.15, 0.2) is 24.3 Å². The highest BCUT2D eigenvalue weighted by Crippen LogP contribution is 2.23. The van der Waals surface area contributed by atoms with Crippen LogP contribution in [0.4, 0.5) is 0 Å². The molecule has 2 heterocycles. The van der Waals surface area contributed by atoms with Gasteiger partial charge in [0.05, 0.1) is 18.6 Å². The first-order chi connectivity index (χ1) is 13.0. The van der Waals surface area contributed by atoms with Gasteiger partial charge >= 0.3 is 0 Å². The summed E-state index contributed by atoms with van der Waals surface area (Å²) in [6.45, 7) is 5.23. The summed E-state index contributed by atoms with van der Waals surface area (Å²) in [4.78, 5) is 42.9. The average molecular weight is 373 g/mol. The fraction of sp³-hybridized carbons (Fsp3) is 0.550. The van der Waals surface area contributed by atoms with Crippen molar-refractivity contribution >= 4 is 17.7 Å². The summed E-state index contributed by atoms with van der Waals surface area (Å²) in [5.41, 5.74) is 0.538. The molecule has 3 rings (SSSR count). The highest BCUT2D eigenvalue weighted by Gasteiger charge is 2.37. The molecule has 1 aromatic carbocycles. The van der Waals surface area contributed by atoms with E-state index in [0.29, 0.717) is 57.0 Å². The third-order valence-corrected chi connectivity index (χ3v) is 5.27. The lowest BCUT2D eigenvalue weighted by Gasteiger charge is -2.36. The Kier molecular flexibility index (Phi) is 5.98. The molecule has 7 heteroatoms. The molecule has 0 spiro atoms. The molecule has 3 amide bonds. The number of hydrogen-bond donors (Lipinski definition) is 0. The van der Waals surface area contributed by atoms with E-state index in [1.165, 1.54) is 0 Å². The lowest BCUT2D eigenvalue weighted by Crippen LogP contribution is -2.52. The summed E-state index contributed by atoms with van der Waals surface area (Å²) >= 11 is 0. The largest absolute Gasteiger partial charge is 0.496 e. The van der Waals surface area contributed by atoms with E-state index in [1.54, 1.807) is 33.9 Å². The van der Waals surface area contributed by atoms with Crippen molar-refractivity contribution in [2.75, 3.05) is 46.4 Å². The van der Waals surface area contributed by atoms with Crippen molar-refractivity contribution in [1.29, 1.82) is 0 Å². The number of nitrogens with zero attached hydrogens (tertiary/aromatic N) is 3. The summed E-state index contributed by atoms with van der Waals surface area (Å²) in [7, 11) is 1.55. The number of ether oxygens (including phenoxy) is 1. The summed E-state index contributed by atoms with van der Waals surface area (Å²) in [5.74, 6) is 0.332. The van der Waals surface area contributed by atoms with E-state index in [2.05, 4.69) is 0 Å². The van der Waals surface area contributed by atoms with E-state index >= 15 is 0 Å². The third kappa shape index (κ3) is 4.07. The van der Waals surface area contributed by atoms with Crippen molar-refractivity contribution in [3.8, 4) is 5.75 Å². The molecule has 0 N–H and O–H groups in total. The number of likely N-dealkylation sites (tertiary alicyclic amines) is 1. The summed E-state index contributed by atoms with van der Waals surface area (Å²) in [5, 5.41) is 0. The number of piperazine rings is 1. The molecule has 0 saturated carbocycles. The van der Waals surface area contributed by atoms with Gasteiger partial charge in [0.2, 0.25) is 11.8 Å². The molecule has 1 aromatic rings. The van der Waals surface area contributed by atoms with Crippen LogP contribution in [0.1, 0.15) is 30.1 Å². The van der Waals surface area contributed by atoms with Crippen molar-refractivity contribution < 1.29 is 19.1 Å². The fourth-order valence-corrected chi connectivity index (χ4v) is 3.80. The van der Waals surface area contributed by atoms with Gasteiger partial charge in [0.15, 0.2) is 0 Å². The van der Waals surface area contributed by atoms with E-state index in [0.717, 1.165) is 6.42 Å². The molecule has 2 aliphatic rings. The predicted molar refractivity (Wildman–Crippen MR) is 100 cm³/mol. The number of rotatable bonds is 5. The average Bonchev–Trinajstić information content (AvgIpc) is 3.07. The second kappa shape index (κ2) is 8.41. The van der Waals surface area contributed by atoms with Gasteiger partial charge in [-0.3, -0.25) is 14.4 Å². The molecule has 1 atom stereocenters. The van der Waals surface area contributed by atoms with Crippen molar-refractivity contribution in [2.24, 2.45) is 5.92 Å². The molecule has 0 aromatic heterocycles. The molecule has 2 aliphatic heterocycles. The Morgan fingerprint density at radius 2 is 1.78 bits per heavy atom. The molecular formula is C20H27N3O4. The Hall–Kier alpha value is -2.57. The first-order valence-corrected chi connectivity index (χ1v) is 9.54. The van der Waals surface area contributed by atoms with Crippen LogP contribution in [0.3, 0.4) is 0 Å². The Labute approximate surface area is 159 Å². The van der Waals surface area contributed by atoms with Crippen molar-refractivity contribution in [1.82, 2.24) is 14.7 Å². The first-order valence-electron chi connectivity index (χ1n) is 9.54. The van der Waals surface area contributed by atoms with Gasteiger partial charge in [0.25, 0.3) is 5.91 Å². The minimum absolute atomic E-state index is 0.0337. The predicted octanol–water partition coefficient (Wildman–Crippen LogP) is 1.24. The van der Waals surface area contributed by atoms with Gasteiger partial charge in [-0.2, -0.15) is 0 Å². The van der Waals surface area contributed by atoms with Crippen LogP contribution < -0.4 is 4.74 Å². The van der Waals surface area contributed by atoms with Crippen molar-refractivity contribution in [2.45, 2.75) is 19.8 Å². The Morgan fingerprint density at radius 3 is 2.44 bits per heavy atom. The first kappa shape index (κ1) is 19.2. The van der Waals surface area contributed by atoms with Gasteiger partial charge in [-0.25, -0.2) is 0 Å². The maximum Gasteiger partial charge on any atom is 0.257 e. The smallest absolute Gasteiger partial charge is 0.257 e. The maximum absolute atomic E-state index is 12.8. The quantitative estimate of drug-likeness (QED) is 0.779. The van der Waals surface area contributed by atoms with Gasteiger partial charge < -0.3 is 19.4 Å². The van der Waals surface area contributed by atoms with E-state index < -0.39 is 0 Å². The standard InChI is InChI=1S/C20H27N3O4/c1-3-8-23-14-15(13-18(23)24)19(25)21-9-11-22(12-10-21)20(26)16-6-4-5-7-17(16)27-2/h4-7,15H,3,8-14H2,1-2H3. The van der Waals surface area contributed by atoms with E-state index in [9.17, 15) is 14.4 Å². The van der Waals surface area contributed by atoms with E-state index in [-0.39, 0.29) is 23.6 Å². The Balaban J connectivity index is 1.56. The number of carbonyl (C=O) groups excluding carboxylic acids is 3. The lowest BCUT2D eigenvalue weighted by atomic mass is 10.1. The van der Waals surface area contributed by atoms with Crippen LogP contribution in [0.2, 0.25) is 0 Å². The van der Waals surface area contributed by atoms with Crippen molar-refractivity contribution in [3.63, 3.8) is 0 Å². The third-order valence-electron chi connectivity index (χ3n) is 5.27. The molecule has 27 heavy (non-hydrogen) atoms. The van der Waals surface area contributed by atoms with Crippen LogP contribution in [0.25, 0.3) is 0 Å². The number of hydrogen-bond acceptors (Lipinski definition) is 4. The van der Waals surface area contributed by atoms with Crippen LogP contribution >= 0.6 is 0 Å².